The summed E-state index contributed by atoms with van der Waals surface area (Å²) < 4.78 is 0. The molecule has 156 valence electrons. The first-order valence-corrected chi connectivity index (χ1v) is 8.89. The van der Waals surface area contributed by atoms with Gasteiger partial charge in [0.15, 0.2) is 0 Å². The Balaban J connectivity index is 0.00000105. The number of benzene rings is 1. The van der Waals surface area contributed by atoms with E-state index in [0.29, 0.717) is 6.54 Å². The summed E-state index contributed by atoms with van der Waals surface area (Å²) in [7, 11) is 0. The molecule has 0 aromatic heterocycles. The molecule has 9 heteroatoms. The first-order valence-electron chi connectivity index (χ1n) is 8.89. The van der Waals surface area contributed by atoms with Crippen LogP contribution in [0.15, 0.2) is 30.3 Å². The van der Waals surface area contributed by atoms with Crippen molar-refractivity contribution in [3.05, 3.63) is 35.9 Å². The number of likely N-dealkylation sites (N-methyl/N-ethyl adjacent to an activating group) is 1. The zero-order chi connectivity index (χ0) is 21.7. The van der Waals surface area contributed by atoms with Crippen molar-refractivity contribution < 1.29 is 29.4 Å². The van der Waals surface area contributed by atoms with Crippen molar-refractivity contribution in [2.24, 2.45) is 0 Å². The quantitative estimate of drug-likeness (QED) is 0.479. The van der Waals surface area contributed by atoms with E-state index in [0.717, 1.165) is 5.56 Å². The summed E-state index contributed by atoms with van der Waals surface area (Å²) >= 11 is 0. The van der Waals surface area contributed by atoms with Gasteiger partial charge in [-0.15, -0.1) is 0 Å². The Bertz CT molecular complexity index is 636. The van der Waals surface area contributed by atoms with Gasteiger partial charge in [-0.1, -0.05) is 37.3 Å². The highest BCUT2D eigenvalue weighted by molar-refractivity contribution is 6.27. The molecule has 0 aliphatic heterocycles. The lowest BCUT2D eigenvalue weighted by molar-refractivity contribution is -0.159. The van der Waals surface area contributed by atoms with Gasteiger partial charge in [-0.25, -0.2) is 9.59 Å². The van der Waals surface area contributed by atoms with Gasteiger partial charge < -0.3 is 20.8 Å². The molecule has 1 aromatic rings. The number of nitrogens with one attached hydrogen (secondary N) is 2. The molecule has 0 spiro atoms. The van der Waals surface area contributed by atoms with Crippen LogP contribution in [0.1, 0.15) is 39.3 Å². The number of carbonyl (C=O) groups excluding carboxylic acids is 2. The summed E-state index contributed by atoms with van der Waals surface area (Å²) in [5.74, 6) is -3.78. The predicted molar refractivity (Wildman–Crippen MR) is 104 cm³/mol. The van der Waals surface area contributed by atoms with E-state index in [1.165, 1.54) is 0 Å². The van der Waals surface area contributed by atoms with Crippen LogP contribution in [-0.4, -0.2) is 64.5 Å². The summed E-state index contributed by atoms with van der Waals surface area (Å²) in [6, 6.07) is 9.88. The van der Waals surface area contributed by atoms with E-state index in [2.05, 4.69) is 10.6 Å². The van der Waals surface area contributed by atoms with Crippen molar-refractivity contribution in [1.82, 2.24) is 15.5 Å². The lowest BCUT2D eigenvalue weighted by Crippen LogP contribution is -2.44. The maximum Gasteiger partial charge on any atom is 0.414 e. The average molecular weight is 395 g/mol. The Labute approximate surface area is 164 Å². The Morgan fingerprint density at radius 3 is 1.75 bits per heavy atom. The van der Waals surface area contributed by atoms with Gasteiger partial charge in [-0.3, -0.25) is 14.5 Å². The smallest absolute Gasteiger partial charge is 0.414 e. The molecule has 2 amide bonds. The molecule has 0 saturated heterocycles. The third-order valence-electron chi connectivity index (χ3n) is 3.49. The molecule has 0 heterocycles. The number of carboxylic acids is 2. The van der Waals surface area contributed by atoms with Gasteiger partial charge in [0.25, 0.3) is 0 Å². The molecule has 1 atom stereocenters. The van der Waals surface area contributed by atoms with E-state index in [4.69, 9.17) is 19.8 Å². The molecular formula is C19H29N3O6. The van der Waals surface area contributed by atoms with E-state index >= 15 is 0 Å². The minimum Gasteiger partial charge on any atom is -0.473 e. The van der Waals surface area contributed by atoms with Gasteiger partial charge >= 0.3 is 11.9 Å². The largest absolute Gasteiger partial charge is 0.473 e. The van der Waals surface area contributed by atoms with Crippen molar-refractivity contribution in [2.45, 2.75) is 39.8 Å². The molecule has 1 aromatic carbocycles. The van der Waals surface area contributed by atoms with Crippen molar-refractivity contribution >= 4 is 23.8 Å². The van der Waals surface area contributed by atoms with Crippen LogP contribution < -0.4 is 10.6 Å². The lowest BCUT2D eigenvalue weighted by atomic mass is 10.1. The van der Waals surface area contributed by atoms with Crippen molar-refractivity contribution in [3.63, 3.8) is 0 Å². The second-order valence-electron chi connectivity index (χ2n) is 6.34. The molecule has 0 aliphatic rings. The number of aliphatic carboxylic acids is 2. The number of carbonyl (C=O) groups is 4. The average Bonchev–Trinajstić information content (AvgIpc) is 2.61. The van der Waals surface area contributed by atoms with Crippen LogP contribution in [0.5, 0.6) is 0 Å². The minimum absolute atomic E-state index is 0.0445. The molecule has 1 unspecified atom stereocenters. The zero-order valence-corrected chi connectivity index (χ0v) is 16.6. The highest BCUT2D eigenvalue weighted by Crippen LogP contribution is 2.10. The standard InChI is InChI=1S/C17H27N3O2.C2H2O4/c1-5-20(11-16(21)18-13(2)3)12-17(22)19-14(4)15-9-7-6-8-10-15;3-1(4)2(5)6/h6-10,13-14H,5,11-12H2,1-4H3,(H,18,21)(H,19,22);(H,3,4)(H,5,6). The molecule has 0 radical (unpaired) electrons. The Hall–Kier alpha value is -2.94. The van der Waals surface area contributed by atoms with E-state index in [1.54, 1.807) is 0 Å². The van der Waals surface area contributed by atoms with Crippen LogP contribution in [0, 0.1) is 0 Å². The topological polar surface area (TPSA) is 136 Å². The highest BCUT2D eigenvalue weighted by Gasteiger charge is 2.15. The second kappa shape index (κ2) is 13.3. The van der Waals surface area contributed by atoms with Crippen LogP contribution in [0.3, 0.4) is 0 Å². The Kier molecular flexibility index (Phi) is 11.9. The summed E-state index contributed by atoms with van der Waals surface area (Å²) in [4.78, 5) is 43.9. The summed E-state index contributed by atoms with van der Waals surface area (Å²) in [5.41, 5.74) is 1.07. The first-order chi connectivity index (χ1) is 13.1. The van der Waals surface area contributed by atoms with Crippen LogP contribution in [0.25, 0.3) is 0 Å². The SMILES string of the molecule is CCN(CC(=O)NC(C)C)CC(=O)NC(C)c1ccccc1.O=C(O)C(=O)O. The van der Waals surface area contributed by atoms with Gasteiger partial charge in [-0.05, 0) is 32.9 Å². The second-order valence-corrected chi connectivity index (χ2v) is 6.34. The molecule has 9 nitrogen and oxygen atoms in total. The Morgan fingerprint density at radius 1 is 0.893 bits per heavy atom. The molecule has 4 N–H and O–H groups in total. The van der Waals surface area contributed by atoms with Gasteiger partial charge in [-0.2, -0.15) is 0 Å². The summed E-state index contributed by atoms with van der Waals surface area (Å²) in [5, 5.41) is 20.6. The maximum absolute atomic E-state index is 12.1. The highest BCUT2D eigenvalue weighted by atomic mass is 16.4. The third kappa shape index (κ3) is 11.6. The van der Waals surface area contributed by atoms with Gasteiger partial charge in [0.2, 0.25) is 11.8 Å². The van der Waals surface area contributed by atoms with Crippen molar-refractivity contribution in [2.75, 3.05) is 19.6 Å². The van der Waals surface area contributed by atoms with E-state index in [9.17, 15) is 9.59 Å². The normalized spacial score (nSPS) is 11.2. The molecular weight excluding hydrogens is 366 g/mol. The molecule has 1 rings (SSSR count). The zero-order valence-electron chi connectivity index (χ0n) is 16.6. The van der Waals surface area contributed by atoms with Crippen molar-refractivity contribution in [3.8, 4) is 0 Å². The van der Waals surface area contributed by atoms with Gasteiger partial charge in [0, 0.05) is 6.04 Å². The van der Waals surface area contributed by atoms with Crippen molar-refractivity contribution in [1.29, 1.82) is 0 Å². The summed E-state index contributed by atoms with van der Waals surface area (Å²) in [6.07, 6.45) is 0. The molecule has 0 saturated carbocycles. The monoisotopic (exact) mass is 395 g/mol. The Morgan fingerprint density at radius 2 is 1.36 bits per heavy atom. The van der Waals surface area contributed by atoms with Crippen LogP contribution >= 0.6 is 0 Å². The number of hydrogen-bond donors (Lipinski definition) is 4. The van der Waals surface area contributed by atoms with Crippen LogP contribution in [0.4, 0.5) is 0 Å². The van der Waals surface area contributed by atoms with Gasteiger partial charge in [0.1, 0.15) is 0 Å². The number of rotatable bonds is 8. The number of amides is 2. The first kappa shape index (κ1) is 25.1. The number of carboxylic acid groups (broad SMARTS) is 2. The fourth-order valence-corrected chi connectivity index (χ4v) is 2.17. The van der Waals surface area contributed by atoms with E-state index in [-0.39, 0.29) is 37.0 Å². The van der Waals surface area contributed by atoms with Crippen LogP contribution in [0.2, 0.25) is 0 Å². The van der Waals surface area contributed by atoms with Gasteiger partial charge in [0.05, 0.1) is 19.1 Å². The maximum atomic E-state index is 12.1. The molecule has 0 fully saturated rings. The number of hydrogen-bond acceptors (Lipinski definition) is 5. The van der Waals surface area contributed by atoms with E-state index < -0.39 is 11.9 Å². The number of nitrogens with zero attached hydrogens (tertiary/aromatic N) is 1. The summed E-state index contributed by atoms with van der Waals surface area (Å²) in [6.45, 7) is 8.84. The lowest BCUT2D eigenvalue weighted by Gasteiger charge is -2.22. The fourth-order valence-electron chi connectivity index (χ4n) is 2.17. The fraction of sp³-hybridized carbons (Fsp3) is 0.474. The molecule has 0 bridgehead atoms. The minimum atomic E-state index is -1.82. The predicted octanol–water partition coefficient (Wildman–Crippen LogP) is 0.866. The molecule has 28 heavy (non-hydrogen) atoms. The van der Waals surface area contributed by atoms with Crippen LogP contribution in [-0.2, 0) is 19.2 Å². The third-order valence-corrected chi connectivity index (χ3v) is 3.49. The van der Waals surface area contributed by atoms with E-state index in [1.807, 2.05) is 62.9 Å². The molecule has 0 aliphatic carbocycles.